The van der Waals surface area contributed by atoms with Gasteiger partial charge in [0.15, 0.2) is 11.6 Å². The second-order valence-electron chi connectivity index (χ2n) is 5.01. The molecule has 1 unspecified atom stereocenters. The molecule has 3 rings (SSSR count). The molecular formula is C14H13F2N3O3S. The third kappa shape index (κ3) is 3.30. The van der Waals surface area contributed by atoms with Gasteiger partial charge in [0, 0.05) is 18.9 Å². The molecule has 1 aliphatic rings. The lowest BCUT2D eigenvalue weighted by Crippen LogP contribution is -2.31. The number of aromatic nitrogens is 2. The third-order valence-corrected chi connectivity index (χ3v) is 5.32. The topological polar surface area (TPSA) is 72.4 Å². The van der Waals surface area contributed by atoms with Crippen molar-refractivity contribution in [3.63, 3.8) is 0 Å². The Morgan fingerprint density at radius 3 is 2.74 bits per heavy atom. The zero-order valence-corrected chi connectivity index (χ0v) is 12.7. The number of hydrogen-bond donors (Lipinski definition) is 0. The zero-order chi connectivity index (χ0) is 16.4. The van der Waals surface area contributed by atoms with Crippen LogP contribution in [0.25, 0.3) is 0 Å². The molecule has 23 heavy (non-hydrogen) atoms. The van der Waals surface area contributed by atoms with Crippen molar-refractivity contribution in [3.05, 3.63) is 48.4 Å². The molecule has 1 atom stereocenters. The van der Waals surface area contributed by atoms with E-state index in [1.54, 1.807) is 0 Å². The fourth-order valence-corrected chi connectivity index (χ4v) is 3.81. The minimum Gasteiger partial charge on any atom is -0.472 e. The lowest BCUT2D eigenvalue weighted by atomic mass is 10.3. The first kappa shape index (κ1) is 15.8. The maximum absolute atomic E-state index is 13.3. The summed E-state index contributed by atoms with van der Waals surface area (Å²) in [6, 6.07) is 2.53. The molecule has 9 heteroatoms. The molecule has 1 aromatic carbocycles. The van der Waals surface area contributed by atoms with Crippen LogP contribution in [0.2, 0.25) is 0 Å². The number of rotatable bonds is 4. The zero-order valence-electron chi connectivity index (χ0n) is 11.9. The van der Waals surface area contributed by atoms with Crippen LogP contribution < -0.4 is 4.74 Å². The van der Waals surface area contributed by atoms with Crippen molar-refractivity contribution in [2.45, 2.75) is 17.4 Å². The summed E-state index contributed by atoms with van der Waals surface area (Å²) in [7, 11) is -3.89. The Morgan fingerprint density at radius 2 is 2.04 bits per heavy atom. The quantitative estimate of drug-likeness (QED) is 0.845. The van der Waals surface area contributed by atoms with Gasteiger partial charge in [-0.15, -0.1) is 0 Å². The van der Waals surface area contributed by atoms with E-state index in [1.165, 1.54) is 22.9 Å². The van der Waals surface area contributed by atoms with Crippen LogP contribution in [0.15, 0.2) is 41.7 Å². The average Bonchev–Trinajstić information content (AvgIpc) is 3.00. The minimum atomic E-state index is -3.89. The molecule has 1 fully saturated rings. The summed E-state index contributed by atoms with van der Waals surface area (Å²) in [5, 5.41) is 0. The van der Waals surface area contributed by atoms with E-state index in [2.05, 4.69) is 9.97 Å². The van der Waals surface area contributed by atoms with Crippen LogP contribution in [0.3, 0.4) is 0 Å². The minimum absolute atomic E-state index is 0.109. The summed E-state index contributed by atoms with van der Waals surface area (Å²) in [5.41, 5.74) is 0. The van der Waals surface area contributed by atoms with Crippen LogP contribution in [-0.2, 0) is 10.0 Å². The van der Waals surface area contributed by atoms with Crippen LogP contribution in [-0.4, -0.2) is 41.9 Å². The van der Waals surface area contributed by atoms with Crippen LogP contribution >= 0.6 is 0 Å². The second-order valence-corrected chi connectivity index (χ2v) is 6.95. The van der Waals surface area contributed by atoms with Gasteiger partial charge in [-0.3, -0.25) is 4.98 Å². The lowest BCUT2D eigenvalue weighted by molar-refractivity contribution is 0.206. The van der Waals surface area contributed by atoms with Crippen LogP contribution in [0.5, 0.6) is 5.88 Å². The summed E-state index contributed by atoms with van der Waals surface area (Å²) < 4.78 is 57.9. The molecule has 0 amide bonds. The van der Waals surface area contributed by atoms with Gasteiger partial charge in [0.2, 0.25) is 15.9 Å². The van der Waals surface area contributed by atoms with Crippen LogP contribution in [0.4, 0.5) is 8.78 Å². The monoisotopic (exact) mass is 341 g/mol. The van der Waals surface area contributed by atoms with Crippen molar-refractivity contribution in [2.75, 3.05) is 13.1 Å². The molecule has 0 radical (unpaired) electrons. The summed E-state index contributed by atoms with van der Waals surface area (Å²) in [6.07, 6.45) is 4.51. The maximum atomic E-state index is 13.3. The van der Waals surface area contributed by atoms with Crippen LogP contribution in [0.1, 0.15) is 6.42 Å². The van der Waals surface area contributed by atoms with Gasteiger partial charge in [-0.05, 0) is 24.6 Å². The largest absolute Gasteiger partial charge is 0.472 e. The van der Waals surface area contributed by atoms with Gasteiger partial charge >= 0.3 is 0 Å². The van der Waals surface area contributed by atoms with Crippen molar-refractivity contribution >= 4 is 10.0 Å². The lowest BCUT2D eigenvalue weighted by Gasteiger charge is -2.17. The fourth-order valence-electron chi connectivity index (χ4n) is 2.32. The molecule has 0 spiro atoms. The molecule has 0 saturated carbocycles. The van der Waals surface area contributed by atoms with E-state index in [0.717, 1.165) is 12.1 Å². The molecule has 0 N–H and O–H groups in total. The first-order chi connectivity index (χ1) is 11.0. The third-order valence-electron chi connectivity index (χ3n) is 3.46. The number of halogens is 2. The van der Waals surface area contributed by atoms with E-state index in [1.807, 2.05) is 0 Å². The Hall–Kier alpha value is -2.13. The molecule has 1 aromatic heterocycles. The van der Waals surface area contributed by atoms with E-state index < -0.39 is 21.7 Å². The number of nitrogens with zero attached hydrogens (tertiary/aromatic N) is 3. The predicted molar refractivity (Wildman–Crippen MR) is 76.2 cm³/mol. The van der Waals surface area contributed by atoms with E-state index in [0.29, 0.717) is 18.4 Å². The van der Waals surface area contributed by atoms with Crippen molar-refractivity contribution in [1.29, 1.82) is 0 Å². The Bertz CT molecular complexity index is 802. The van der Waals surface area contributed by atoms with E-state index in [-0.39, 0.29) is 24.1 Å². The normalized spacial score (nSPS) is 19.0. The van der Waals surface area contributed by atoms with Crippen molar-refractivity contribution < 1.29 is 21.9 Å². The molecule has 6 nitrogen and oxygen atoms in total. The van der Waals surface area contributed by atoms with Crippen molar-refractivity contribution in [2.24, 2.45) is 0 Å². The molecule has 0 bridgehead atoms. The Labute approximate surface area is 131 Å². The van der Waals surface area contributed by atoms with Gasteiger partial charge in [0.05, 0.1) is 17.6 Å². The summed E-state index contributed by atoms with van der Waals surface area (Å²) >= 11 is 0. The second kappa shape index (κ2) is 6.17. The smallest absolute Gasteiger partial charge is 0.243 e. The summed E-state index contributed by atoms with van der Waals surface area (Å²) in [5.74, 6) is -1.98. The van der Waals surface area contributed by atoms with Crippen molar-refractivity contribution in [1.82, 2.24) is 14.3 Å². The van der Waals surface area contributed by atoms with Gasteiger partial charge in [-0.2, -0.15) is 4.31 Å². The number of ether oxygens (including phenoxy) is 1. The fraction of sp³-hybridized carbons (Fsp3) is 0.286. The number of sulfonamides is 1. The van der Waals surface area contributed by atoms with Gasteiger partial charge < -0.3 is 4.74 Å². The first-order valence-electron chi connectivity index (χ1n) is 6.85. The predicted octanol–water partition coefficient (Wildman–Crippen LogP) is 1.60. The number of hydrogen-bond acceptors (Lipinski definition) is 5. The van der Waals surface area contributed by atoms with Gasteiger partial charge in [0.25, 0.3) is 0 Å². The van der Waals surface area contributed by atoms with Gasteiger partial charge in [0.1, 0.15) is 6.10 Å². The highest BCUT2D eigenvalue weighted by molar-refractivity contribution is 7.89. The van der Waals surface area contributed by atoms with Crippen molar-refractivity contribution in [3.8, 4) is 5.88 Å². The SMILES string of the molecule is O=S(=O)(c1ccc(F)c(F)c1)N1CCC(Oc2cnccn2)C1. The highest BCUT2D eigenvalue weighted by Gasteiger charge is 2.34. The van der Waals surface area contributed by atoms with E-state index >= 15 is 0 Å². The van der Waals surface area contributed by atoms with Gasteiger partial charge in [-0.1, -0.05) is 0 Å². The molecule has 122 valence electrons. The molecule has 1 aliphatic heterocycles. The Balaban J connectivity index is 1.73. The molecule has 1 saturated heterocycles. The molecule has 2 aromatic rings. The highest BCUT2D eigenvalue weighted by Crippen LogP contribution is 2.24. The maximum Gasteiger partial charge on any atom is 0.243 e. The molecule has 2 heterocycles. The number of benzene rings is 1. The Kier molecular flexibility index (Phi) is 4.22. The van der Waals surface area contributed by atoms with E-state index in [9.17, 15) is 17.2 Å². The average molecular weight is 341 g/mol. The van der Waals surface area contributed by atoms with Gasteiger partial charge in [-0.25, -0.2) is 22.2 Å². The van der Waals surface area contributed by atoms with Crippen LogP contribution in [0, 0.1) is 11.6 Å². The molecule has 0 aliphatic carbocycles. The standard InChI is InChI=1S/C14H13F2N3O3S/c15-12-2-1-11(7-13(12)16)23(20,21)19-6-3-10(9-19)22-14-8-17-4-5-18-14/h1-2,4-5,7-8,10H,3,6,9H2. The highest BCUT2D eigenvalue weighted by atomic mass is 32.2. The first-order valence-corrected chi connectivity index (χ1v) is 8.29. The Morgan fingerprint density at radius 1 is 1.22 bits per heavy atom. The molecular weight excluding hydrogens is 328 g/mol. The summed E-state index contributed by atoms with van der Waals surface area (Å²) in [4.78, 5) is 7.55. The summed E-state index contributed by atoms with van der Waals surface area (Å²) in [6.45, 7) is 0.337. The van der Waals surface area contributed by atoms with E-state index in [4.69, 9.17) is 4.74 Å².